The predicted molar refractivity (Wildman–Crippen MR) is 272 cm³/mol. The highest BCUT2D eigenvalue weighted by molar-refractivity contribution is 5.83. The van der Waals surface area contributed by atoms with Crippen LogP contribution in [-0.2, 0) is 0 Å². The zero-order valence-corrected chi connectivity index (χ0v) is 39.8. The van der Waals surface area contributed by atoms with Gasteiger partial charge in [-0.1, -0.05) is 167 Å². The van der Waals surface area contributed by atoms with Gasteiger partial charge in [0.25, 0.3) is 0 Å². The lowest BCUT2D eigenvalue weighted by molar-refractivity contribution is 0.405. The minimum Gasteiger partial charge on any atom is -0.508 e. The molecule has 7 rings (SSSR count). The molecule has 5 heterocycles. The largest absolute Gasteiger partial charge is 0.508 e. The van der Waals surface area contributed by atoms with Crippen LogP contribution in [0.3, 0.4) is 0 Å². The number of hydrogen-bond acceptors (Lipinski definition) is 4. The van der Waals surface area contributed by atoms with Crippen molar-refractivity contribution < 1.29 is 20.4 Å². The molecule has 0 spiro atoms. The van der Waals surface area contributed by atoms with Crippen molar-refractivity contribution in [3.63, 3.8) is 0 Å². The van der Waals surface area contributed by atoms with Crippen LogP contribution >= 0.6 is 0 Å². The summed E-state index contributed by atoms with van der Waals surface area (Å²) in [6, 6.07) is 27.0. The molecule has 8 bridgehead atoms. The molecule has 8 heteroatoms. The summed E-state index contributed by atoms with van der Waals surface area (Å²) in [5.74, 6) is 0.0638. The number of fused-ring (bicyclic) bond motifs is 8. The Balaban J connectivity index is 1.29. The summed E-state index contributed by atoms with van der Waals surface area (Å²) in [7, 11) is 0. The third-order valence-corrected chi connectivity index (χ3v) is 13.7. The number of hydrogen-bond donors (Lipinski definition) is 8. The van der Waals surface area contributed by atoms with E-state index in [1.807, 2.05) is 24.3 Å². The van der Waals surface area contributed by atoms with Crippen molar-refractivity contribution in [2.45, 2.75) is 168 Å². The van der Waals surface area contributed by atoms with E-state index in [-0.39, 0.29) is 23.0 Å². The molecule has 0 saturated carbocycles. The van der Waals surface area contributed by atoms with Crippen molar-refractivity contribution >= 4 is 22.3 Å². The van der Waals surface area contributed by atoms with E-state index in [0.717, 1.165) is 91.9 Å². The monoisotopic (exact) mass is 893 g/mol. The fraction of sp³-hybridized carbons (Fsp3) is 0.448. The molecule has 6 aromatic rings. The molecule has 2 aromatic carbocycles. The van der Waals surface area contributed by atoms with Gasteiger partial charge < -0.3 is 40.4 Å². The lowest BCUT2D eigenvalue weighted by Crippen LogP contribution is -2.18. The van der Waals surface area contributed by atoms with Crippen LogP contribution in [0.1, 0.15) is 202 Å². The molecule has 352 valence electrons. The van der Waals surface area contributed by atoms with Crippen LogP contribution in [0, 0.1) is 0 Å². The molecule has 0 atom stereocenters. The van der Waals surface area contributed by atoms with Gasteiger partial charge in [0, 0.05) is 55.1 Å². The second-order valence-corrected chi connectivity index (χ2v) is 18.8. The summed E-state index contributed by atoms with van der Waals surface area (Å²) in [5, 5.41) is 48.8. The Morgan fingerprint density at radius 1 is 0.348 bits per heavy atom. The standard InChI is InChI=1S/C58H76N4O4/c1-3-5-7-9-11-13-15-17-19-21-23-31-45-47-33-35-49(59-47)53(41-27-25-29-43(63)39-41)51-37-38-52(61-51)54(42-28-26-30-44(64)40-42)50-36-34-48(60-50)46(56-58(66)57(65)55(45)62-56)32-24-22-20-18-16-14-12-10-8-6-4-2/h25-30,33-40,59-66H,3-24,31-32H2,1-2H3. The topological polar surface area (TPSA) is 144 Å². The average molecular weight is 893 g/mol. The number of unbranched alkanes of at least 4 members (excludes halogenated alkanes) is 20. The van der Waals surface area contributed by atoms with Gasteiger partial charge in [0.05, 0.1) is 11.4 Å². The van der Waals surface area contributed by atoms with E-state index in [0.29, 0.717) is 24.2 Å². The quantitative estimate of drug-likeness (QED) is 0.0256. The normalized spacial score (nSPS) is 12.8. The maximum Gasteiger partial charge on any atom is 0.184 e. The van der Waals surface area contributed by atoms with Gasteiger partial charge in [-0.25, -0.2) is 0 Å². The zero-order chi connectivity index (χ0) is 46.1. The Labute approximate surface area is 392 Å². The van der Waals surface area contributed by atoms with Crippen LogP contribution in [0.4, 0.5) is 0 Å². The number of nitrogens with one attached hydrogen (secondary N) is 4. The van der Waals surface area contributed by atoms with E-state index < -0.39 is 0 Å². The van der Waals surface area contributed by atoms with Gasteiger partial charge in [0.15, 0.2) is 11.5 Å². The van der Waals surface area contributed by atoms with Crippen LogP contribution in [-0.4, -0.2) is 40.4 Å². The van der Waals surface area contributed by atoms with Crippen molar-refractivity contribution in [2.75, 3.05) is 0 Å². The maximum atomic E-state index is 12.0. The van der Waals surface area contributed by atoms with E-state index in [1.54, 1.807) is 24.3 Å². The minimum absolute atomic E-state index is 0.135. The molecule has 0 amide bonds. The van der Waals surface area contributed by atoms with Crippen molar-refractivity contribution in [3.05, 3.63) is 140 Å². The fourth-order valence-electron chi connectivity index (χ4n) is 9.99. The number of H-pyrrole nitrogens is 4. The van der Waals surface area contributed by atoms with Gasteiger partial charge in [0.1, 0.15) is 11.5 Å². The number of phenolic OH excluding ortho intramolecular Hbond substituents is 2. The molecule has 66 heavy (non-hydrogen) atoms. The first kappa shape index (κ1) is 48.2. The van der Waals surface area contributed by atoms with E-state index in [9.17, 15) is 20.4 Å². The smallest absolute Gasteiger partial charge is 0.184 e. The minimum atomic E-state index is -0.135. The SMILES string of the molecule is CCCCCCCCCCCCCC1=c2ccc([nH]2)=C(c2cccc(O)c2)c2ccc([nH]2)C(c2cccc(O)c2)=c2ccc([nH]2)=C(CCCCCCCCCCCCC)c2[nH]c1c(O)c2O. The predicted octanol–water partition coefficient (Wildman–Crippen LogP) is 12.4. The van der Waals surface area contributed by atoms with Crippen LogP contribution in [0.2, 0.25) is 0 Å². The molecule has 0 unspecified atom stereocenters. The lowest BCUT2D eigenvalue weighted by atomic mass is 10.0. The first-order chi connectivity index (χ1) is 32.4. The zero-order valence-electron chi connectivity index (χ0n) is 39.8. The summed E-state index contributed by atoms with van der Waals surface area (Å²) in [6.07, 6.45) is 28.7. The second-order valence-electron chi connectivity index (χ2n) is 18.8. The van der Waals surface area contributed by atoms with Crippen molar-refractivity contribution in [1.29, 1.82) is 0 Å². The highest BCUT2D eigenvalue weighted by Crippen LogP contribution is 2.41. The molecule has 0 aliphatic carbocycles. The Morgan fingerprint density at radius 3 is 1.06 bits per heavy atom. The molecule has 1 aliphatic rings. The van der Waals surface area contributed by atoms with E-state index in [1.165, 1.54) is 116 Å². The number of rotatable bonds is 26. The number of aromatic nitrogens is 4. The molecule has 4 aromatic heterocycles. The van der Waals surface area contributed by atoms with Crippen molar-refractivity contribution in [1.82, 2.24) is 19.9 Å². The summed E-state index contributed by atoms with van der Waals surface area (Å²) >= 11 is 0. The van der Waals surface area contributed by atoms with E-state index in [2.05, 4.69) is 70.2 Å². The number of aromatic hydroxyl groups is 4. The van der Waals surface area contributed by atoms with Gasteiger partial charge in [0.2, 0.25) is 0 Å². The first-order valence-electron chi connectivity index (χ1n) is 25.6. The first-order valence-corrected chi connectivity index (χ1v) is 25.6. The highest BCUT2D eigenvalue weighted by atomic mass is 16.3. The molecule has 0 fully saturated rings. The lowest BCUT2D eigenvalue weighted by Gasteiger charge is -2.10. The van der Waals surface area contributed by atoms with Gasteiger partial charge in [-0.3, -0.25) is 0 Å². The Hall–Kier alpha value is -5.76. The molecular formula is C58H76N4O4. The molecule has 0 radical (unpaired) electrons. The summed E-state index contributed by atoms with van der Waals surface area (Å²) < 4.78 is 0. The highest BCUT2D eigenvalue weighted by Gasteiger charge is 2.24. The summed E-state index contributed by atoms with van der Waals surface area (Å²) in [5.41, 5.74) is 8.00. The van der Waals surface area contributed by atoms with Crippen LogP contribution in [0.25, 0.3) is 22.3 Å². The van der Waals surface area contributed by atoms with Crippen molar-refractivity contribution in [3.8, 4) is 23.0 Å². The fourth-order valence-corrected chi connectivity index (χ4v) is 9.99. The Kier molecular flexibility index (Phi) is 18.0. The molecule has 0 saturated heterocycles. The van der Waals surface area contributed by atoms with E-state index in [4.69, 9.17) is 0 Å². The second kappa shape index (κ2) is 24.7. The molecule has 8 nitrogen and oxygen atoms in total. The van der Waals surface area contributed by atoms with Crippen LogP contribution in [0.5, 0.6) is 23.0 Å². The Morgan fingerprint density at radius 2 is 0.697 bits per heavy atom. The summed E-state index contributed by atoms with van der Waals surface area (Å²) in [4.78, 5) is 14.8. The molecule has 8 N–H and O–H groups in total. The third kappa shape index (κ3) is 12.6. The molecule has 1 aliphatic heterocycles. The van der Waals surface area contributed by atoms with Crippen LogP contribution in [0.15, 0.2) is 84.9 Å². The number of phenols is 2. The summed E-state index contributed by atoms with van der Waals surface area (Å²) in [6.45, 7) is 4.54. The maximum absolute atomic E-state index is 12.0. The number of benzene rings is 2. The average Bonchev–Trinajstić information content (AvgIpc) is 4.15. The van der Waals surface area contributed by atoms with Gasteiger partial charge >= 0.3 is 0 Å². The van der Waals surface area contributed by atoms with Gasteiger partial charge in [-0.05, 0) is 97.5 Å². The van der Waals surface area contributed by atoms with E-state index >= 15 is 0 Å². The van der Waals surface area contributed by atoms with Crippen LogP contribution < -0.4 is 21.4 Å². The number of aromatic amines is 4. The van der Waals surface area contributed by atoms with Gasteiger partial charge in [-0.2, -0.15) is 0 Å². The third-order valence-electron chi connectivity index (χ3n) is 13.7. The van der Waals surface area contributed by atoms with Gasteiger partial charge in [-0.15, -0.1) is 0 Å². The molecular weight excluding hydrogens is 817 g/mol. The Bertz CT molecular complexity index is 2530. The van der Waals surface area contributed by atoms with Crippen molar-refractivity contribution in [2.24, 2.45) is 0 Å².